The summed E-state index contributed by atoms with van der Waals surface area (Å²) in [6.07, 6.45) is 1.53. The van der Waals surface area contributed by atoms with Crippen LogP contribution in [-0.4, -0.2) is 22.3 Å². The minimum atomic E-state index is -0.0348. The number of carbonyl (C=O) groups is 1. The molecule has 0 bridgehead atoms. The van der Waals surface area contributed by atoms with E-state index in [-0.39, 0.29) is 5.91 Å². The zero-order valence-corrected chi connectivity index (χ0v) is 11.4. The second-order valence-electron chi connectivity index (χ2n) is 4.38. The van der Waals surface area contributed by atoms with Crippen molar-refractivity contribution in [3.63, 3.8) is 0 Å². The molecule has 1 aromatic heterocycles. The molecular formula is C15H18N4O. The van der Waals surface area contributed by atoms with Crippen LogP contribution in [-0.2, 0) is 6.54 Å². The van der Waals surface area contributed by atoms with Gasteiger partial charge < -0.3 is 10.3 Å². The van der Waals surface area contributed by atoms with E-state index in [2.05, 4.69) is 10.4 Å². The van der Waals surface area contributed by atoms with Crippen LogP contribution >= 0.6 is 0 Å². The number of hydrogen-bond acceptors (Lipinski definition) is 4. The highest BCUT2D eigenvalue weighted by Crippen LogP contribution is 2.10. The summed E-state index contributed by atoms with van der Waals surface area (Å²) in [4.78, 5) is 18.3. The maximum Gasteiger partial charge on any atom is 0.255 e. The van der Waals surface area contributed by atoms with E-state index in [1.807, 2.05) is 37.3 Å². The highest BCUT2D eigenvalue weighted by molar-refractivity contribution is 5.94. The Morgan fingerprint density at radius 1 is 1.25 bits per heavy atom. The molecule has 0 fully saturated rings. The molecule has 0 aliphatic heterocycles. The van der Waals surface area contributed by atoms with Crippen LogP contribution in [0.1, 0.15) is 22.8 Å². The van der Waals surface area contributed by atoms with Gasteiger partial charge in [0, 0.05) is 19.3 Å². The minimum absolute atomic E-state index is 0.0348. The summed E-state index contributed by atoms with van der Waals surface area (Å²) in [5.41, 5.74) is 4.10. The fraction of sp³-hybridized carbons (Fsp3) is 0.200. The zero-order chi connectivity index (χ0) is 14.4. The third-order valence-electron chi connectivity index (χ3n) is 3.04. The molecule has 2 rings (SSSR count). The molecule has 0 saturated carbocycles. The number of anilines is 1. The summed E-state index contributed by atoms with van der Waals surface area (Å²) < 4.78 is 0. The number of benzene rings is 1. The number of amides is 1. The van der Waals surface area contributed by atoms with Gasteiger partial charge in [0.25, 0.3) is 5.91 Å². The van der Waals surface area contributed by atoms with Crippen LogP contribution < -0.4 is 11.3 Å². The number of pyridine rings is 1. The number of carbonyl (C=O) groups excluding carboxylic acids is 1. The predicted octanol–water partition coefficient (Wildman–Crippen LogP) is 2.03. The van der Waals surface area contributed by atoms with Crippen LogP contribution in [0.4, 0.5) is 5.82 Å². The summed E-state index contributed by atoms with van der Waals surface area (Å²) in [7, 11) is 0. The first kappa shape index (κ1) is 14.0. The fourth-order valence-corrected chi connectivity index (χ4v) is 1.92. The Morgan fingerprint density at radius 2 is 2.00 bits per heavy atom. The van der Waals surface area contributed by atoms with Crippen molar-refractivity contribution in [3.05, 3.63) is 59.8 Å². The number of nitrogen functional groups attached to an aromatic ring is 1. The van der Waals surface area contributed by atoms with Crippen LogP contribution in [0.15, 0.2) is 48.7 Å². The number of nitrogens with one attached hydrogen (secondary N) is 1. The molecule has 5 heteroatoms. The standard InChI is InChI=1S/C15H18N4O/c1-2-19(11-12-6-4-3-5-7-12)15(20)13-8-9-14(18-16)17-10-13/h3-10H,2,11,16H2,1H3,(H,17,18). The number of hydrogen-bond donors (Lipinski definition) is 2. The molecule has 3 N–H and O–H groups in total. The molecule has 0 unspecified atom stereocenters. The minimum Gasteiger partial charge on any atom is -0.335 e. The first-order valence-corrected chi connectivity index (χ1v) is 6.50. The average molecular weight is 270 g/mol. The van der Waals surface area contributed by atoms with E-state index in [0.717, 1.165) is 5.56 Å². The highest BCUT2D eigenvalue weighted by atomic mass is 16.2. The van der Waals surface area contributed by atoms with Crippen LogP contribution in [0.25, 0.3) is 0 Å². The van der Waals surface area contributed by atoms with Crippen LogP contribution in [0, 0.1) is 0 Å². The lowest BCUT2D eigenvalue weighted by Gasteiger charge is -2.21. The molecule has 0 spiro atoms. The SMILES string of the molecule is CCN(Cc1ccccc1)C(=O)c1ccc(NN)nc1. The molecule has 104 valence electrons. The second kappa shape index (κ2) is 6.68. The second-order valence-corrected chi connectivity index (χ2v) is 4.38. The van der Waals surface area contributed by atoms with Gasteiger partial charge in [0.05, 0.1) is 5.56 Å². The summed E-state index contributed by atoms with van der Waals surface area (Å²) in [5.74, 6) is 5.76. The molecule has 1 amide bonds. The number of aromatic nitrogens is 1. The lowest BCUT2D eigenvalue weighted by molar-refractivity contribution is 0.0752. The molecule has 0 atom stereocenters. The highest BCUT2D eigenvalue weighted by Gasteiger charge is 2.14. The van der Waals surface area contributed by atoms with Gasteiger partial charge in [-0.05, 0) is 24.6 Å². The van der Waals surface area contributed by atoms with Crippen molar-refractivity contribution in [2.75, 3.05) is 12.0 Å². The maximum atomic E-state index is 12.4. The molecule has 2 aromatic rings. The van der Waals surface area contributed by atoms with Gasteiger partial charge in [0.2, 0.25) is 0 Å². The number of nitrogens with zero attached hydrogens (tertiary/aromatic N) is 2. The molecule has 0 radical (unpaired) electrons. The van der Waals surface area contributed by atoms with Crippen molar-refractivity contribution in [3.8, 4) is 0 Å². The monoisotopic (exact) mass is 270 g/mol. The van der Waals surface area contributed by atoms with Gasteiger partial charge in [-0.25, -0.2) is 10.8 Å². The van der Waals surface area contributed by atoms with Gasteiger partial charge in [0.15, 0.2) is 0 Å². The fourth-order valence-electron chi connectivity index (χ4n) is 1.92. The Hall–Kier alpha value is -2.40. The van der Waals surface area contributed by atoms with Gasteiger partial charge in [-0.1, -0.05) is 30.3 Å². The van der Waals surface area contributed by atoms with Crippen LogP contribution in [0.2, 0.25) is 0 Å². The molecule has 0 aliphatic rings. The molecule has 0 saturated heterocycles. The Kier molecular flexibility index (Phi) is 4.68. The quantitative estimate of drug-likeness (QED) is 0.644. The van der Waals surface area contributed by atoms with Crippen molar-refractivity contribution < 1.29 is 4.79 Å². The van der Waals surface area contributed by atoms with E-state index >= 15 is 0 Å². The smallest absolute Gasteiger partial charge is 0.255 e. The summed E-state index contributed by atoms with van der Waals surface area (Å²) in [5, 5.41) is 0. The Bertz CT molecular complexity index is 554. The molecule has 1 aromatic carbocycles. The van der Waals surface area contributed by atoms with E-state index in [4.69, 9.17) is 5.84 Å². The van der Waals surface area contributed by atoms with E-state index in [0.29, 0.717) is 24.5 Å². The van der Waals surface area contributed by atoms with E-state index in [1.165, 1.54) is 6.20 Å². The number of nitrogens with two attached hydrogens (primary N) is 1. The van der Waals surface area contributed by atoms with Crippen LogP contribution in [0.3, 0.4) is 0 Å². The van der Waals surface area contributed by atoms with Crippen LogP contribution in [0.5, 0.6) is 0 Å². The van der Waals surface area contributed by atoms with E-state index in [1.54, 1.807) is 17.0 Å². The molecule has 5 nitrogen and oxygen atoms in total. The molecule has 0 aliphatic carbocycles. The average Bonchev–Trinajstić information content (AvgIpc) is 2.53. The zero-order valence-electron chi connectivity index (χ0n) is 11.4. The Labute approximate surface area is 118 Å². The predicted molar refractivity (Wildman–Crippen MR) is 78.9 cm³/mol. The summed E-state index contributed by atoms with van der Waals surface area (Å²) in [6, 6.07) is 13.3. The lowest BCUT2D eigenvalue weighted by Crippen LogP contribution is -2.30. The van der Waals surface area contributed by atoms with E-state index < -0.39 is 0 Å². The lowest BCUT2D eigenvalue weighted by atomic mass is 10.2. The molecule has 1 heterocycles. The van der Waals surface area contributed by atoms with Crippen molar-refractivity contribution in [1.29, 1.82) is 0 Å². The van der Waals surface area contributed by atoms with Gasteiger partial charge >= 0.3 is 0 Å². The van der Waals surface area contributed by atoms with Gasteiger partial charge in [-0.2, -0.15) is 0 Å². The van der Waals surface area contributed by atoms with Gasteiger partial charge in [-0.3, -0.25) is 4.79 Å². The maximum absolute atomic E-state index is 12.4. The third kappa shape index (κ3) is 3.33. The topological polar surface area (TPSA) is 71.2 Å². The van der Waals surface area contributed by atoms with Crippen molar-refractivity contribution >= 4 is 11.7 Å². The largest absolute Gasteiger partial charge is 0.335 e. The van der Waals surface area contributed by atoms with Crippen molar-refractivity contribution in [2.24, 2.45) is 5.84 Å². The van der Waals surface area contributed by atoms with Gasteiger partial charge in [-0.15, -0.1) is 0 Å². The summed E-state index contributed by atoms with van der Waals surface area (Å²) in [6.45, 7) is 3.20. The summed E-state index contributed by atoms with van der Waals surface area (Å²) >= 11 is 0. The molecular weight excluding hydrogens is 252 g/mol. The first-order chi connectivity index (χ1) is 9.74. The van der Waals surface area contributed by atoms with Gasteiger partial charge in [0.1, 0.15) is 5.82 Å². The molecule has 20 heavy (non-hydrogen) atoms. The normalized spacial score (nSPS) is 10.1. The Balaban J connectivity index is 2.12. The van der Waals surface area contributed by atoms with Crippen molar-refractivity contribution in [2.45, 2.75) is 13.5 Å². The first-order valence-electron chi connectivity index (χ1n) is 6.50. The number of hydrazine groups is 1. The number of rotatable bonds is 5. The van der Waals surface area contributed by atoms with E-state index in [9.17, 15) is 4.79 Å². The van der Waals surface area contributed by atoms with Crippen molar-refractivity contribution in [1.82, 2.24) is 9.88 Å². The third-order valence-corrected chi connectivity index (χ3v) is 3.04. The Morgan fingerprint density at radius 3 is 2.55 bits per heavy atom.